The zero-order chi connectivity index (χ0) is 28.5. The van der Waals surface area contributed by atoms with Gasteiger partial charge in [-0.25, -0.2) is 4.79 Å². The SMILES string of the molecule is CCCCCCN(C(=O)C(C)NC(=O)OC(C)(C)C)C(C(=O)Nc1ccccc1C)c1cccc(C)c1O. The van der Waals surface area contributed by atoms with E-state index in [2.05, 4.69) is 17.6 Å². The van der Waals surface area contributed by atoms with Crippen LogP contribution >= 0.6 is 0 Å². The van der Waals surface area contributed by atoms with Crippen LogP contribution in [0.3, 0.4) is 0 Å². The highest BCUT2D eigenvalue weighted by Gasteiger charge is 2.36. The Morgan fingerprint density at radius 3 is 2.26 bits per heavy atom. The number of phenolic OH excluding ortho intramolecular Hbond substituents is 1. The molecule has 0 aliphatic heterocycles. The first kappa shape index (κ1) is 30.7. The number of nitrogens with zero attached hydrogens (tertiary/aromatic N) is 1. The molecule has 0 aromatic heterocycles. The Kier molecular flexibility index (Phi) is 11.2. The van der Waals surface area contributed by atoms with Crippen molar-refractivity contribution in [1.82, 2.24) is 10.2 Å². The second-order valence-electron chi connectivity index (χ2n) is 10.7. The minimum absolute atomic E-state index is 0.0449. The number of ether oxygens (including phenoxy) is 1. The fraction of sp³-hybridized carbons (Fsp3) is 0.500. The molecule has 2 aromatic rings. The van der Waals surface area contributed by atoms with Crippen molar-refractivity contribution in [2.24, 2.45) is 0 Å². The molecule has 2 aromatic carbocycles. The van der Waals surface area contributed by atoms with Crippen LogP contribution in [0.25, 0.3) is 0 Å². The van der Waals surface area contributed by atoms with Crippen molar-refractivity contribution in [2.45, 2.75) is 91.8 Å². The van der Waals surface area contributed by atoms with Gasteiger partial charge in [-0.3, -0.25) is 9.59 Å². The molecule has 0 heterocycles. The standard InChI is InChI=1S/C30H43N3O5/c1-8-9-10-13-19-33(28(36)22(4)31-29(37)38-30(5,6)7)25(23-17-14-16-21(3)26(23)34)27(35)32-24-18-12-11-15-20(24)2/h11-12,14-18,22,25,34H,8-10,13,19H2,1-7H3,(H,31,37)(H,32,35). The number of alkyl carbamates (subject to hydrolysis) is 1. The molecular weight excluding hydrogens is 482 g/mol. The van der Waals surface area contributed by atoms with Gasteiger partial charge in [-0.1, -0.05) is 62.6 Å². The Morgan fingerprint density at radius 1 is 0.974 bits per heavy atom. The van der Waals surface area contributed by atoms with E-state index in [1.165, 1.54) is 4.90 Å². The van der Waals surface area contributed by atoms with Gasteiger partial charge in [0.2, 0.25) is 5.91 Å². The molecule has 0 spiro atoms. The van der Waals surface area contributed by atoms with E-state index in [0.29, 0.717) is 23.2 Å². The van der Waals surface area contributed by atoms with Crippen LogP contribution in [0.1, 0.15) is 83.0 Å². The van der Waals surface area contributed by atoms with Gasteiger partial charge in [-0.2, -0.15) is 0 Å². The summed E-state index contributed by atoms with van der Waals surface area (Å²) in [6.07, 6.45) is 2.83. The van der Waals surface area contributed by atoms with Crippen molar-refractivity contribution in [3.8, 4) is 5.75 Å². The van der Waals surface area contributed by atoms with E-state index < -0.39 is 35.6 Å². The van der Waals surface area contributed by atoms with Gasteiger partial charge in [0, 0.05) is 17.8 Å². The molecule has 0 radical (unpaired) electrons. The number of aromatic hydroxyl groups is 1. The topological polar surface area (TPSA) is 108 Å². The van der Waals surface area contributed by atoms with Crippen LogP contribution in [0.5, 0.6) is 5.75 Å². The quantitative estimate of drug-likeness (QED) is 0.311. The van der Waals surface area contributed by atoms with Crippen LogP contribution in [-0.2, 0) is 14.3 Å². The smallest absolute Gasteiger partial charge is 0.408 e. The summed E-state index contributed by atoms with van der Waals surface area (Å²) in [6.45, 7) is 12.8. The van der Waals surface area contributed by atoms with Crippen LogP contribution in [0.15, 0.2) is 42.5 Å². The van der Waals surface area contributed by atoms with Crippen molar-refractivity contribution in [1.29, 1.82) is 0 Å². The van der Waals surface area contributed by atoms with Crippen LogP contribution in [0.4, 0.5) is 10.5 Å². The highest BCUT2D eigenvalue weighted by molar-refractivity contribution is 5.99. The lowest BCUT2D eigenvalue weighted by Gasteiger charge is -2.34. The molecule has 2 atom stereocenters. The van der Waals surface area contributed by atoms with Gasteiger partial charge >= 0.3 is 6.09 Å². The first-order chi connectivity index (χ1) is 17.9. The molecule has 208 valence electrons. The Labute approximate surface area is 226 Å². The van der Waals surface area contributed by atoms with E-state index in [9.17, 15) is 19.5 Å². The number of nitrogens with one attached hydrogen (secondary N) is 2. The molecular formula is C30H43N3O5. The number of amides is 3. The van der Waals surface area contributed by atoms with Crippen LogP contribution in [0.2, 0.25) is 0 Å². The molecule has 8 heteroatoms. The largest absolute Gasteiger partial charge is 0.507 e. The van der Waals surface area contributed by atoms with E-state index in [1.54, 1.807) is 58.9 Å². The fourth-order valence-electron chi connectivity index (χ4n) is 4.14. The summed E-state index contributed by atoms with van der Waals surface area (Å²) in [6, 6.07) is 10.4. The highest BCUT2D eigenvalue weighted by atomic mass is 16.6. The lowest BCUT2D eigenvalue weighted by molar-refractivity contribution is -0.140. The van der Waals surface area contributed by atoms with Crippen molar-refractivity contribution in [2.75, 3.05) is 11.9 Å². The summed E-state index contributed by atoms with van der Waals surface area (Å²) in [4.78, 5) is 41.6. The number of benzene rings is 2. The Balaban J connectivity index is 2.50. The second-order valence-corrected chi connectivity index (χ2v) is 10.7. The van der Waals surface area contributed by atoms with E-state index in [0.717, 1.165) is 24.8 Å². The summed E-state index contributed by atoms with van der Waals surface area (Å²) < 4.78 is 5.33. The van der Waals surface area contributed by atoms with E-state index in [1.807, 2.05) is 25.1 Å². The van der Waals surface area contributed by atoms with Gasteiger partial charge in [0.05, 0.1) is 0 Å². The Hall–Kier alpha value is -3.55. The first-order valence-corrected chi connectivity index (χ1v) is 13.3. The molecule has 0 bridgehead atoms. The van der Waals surface area contributed by atoms with Crippen LogP contribution in [0, 0.1) is 13.8 Å². The number of carbonyl (C=O) groups excluding carboxylic acids is 3. The maximum atomic E-state index is 13.9. The van der Waals surface area contributed by atoms with Gasteiger partial charge in [0.25, 0.3) is 5.91 Å². The second kappa shape index (κ2) is 13.8. The van der Waals surface area contributed by atoms with Crippen LogP contribution in [-0.4, -0.2) is 46.1 Å². The third-order valence-electron chi connectivity index (χ3n) is 6.17. The van der Waals surface area contributed by atoms with E-state index in [4.69, 9.17) is 4.74 Å². The average Bonchev–Trinajstić information content (AvgIpc) is 2.83. The van der Waals surface area contributed by atoms with Gasteiger partial charge in [-0.05, 0) is 65.2 Å². The zero-order valence-corrected chi connectivity index (χ0v) is 23.8. The molecule has 2 unspecified atom stereocenters. The van der Waals surface area contributed by atoms with Crippen molar-refractivity contribution >= 4 is 23.6 Å². The summed E-state index contributed by atoms with van der Waals surface area (Å²) >= 11 is 0. The summed E-state index contributed by atoms with van der Waals surface area (Å²) in [5, 5.41) is 16.5. The number of aryl methyl sites for hydroxylation is 2. The monoisotopic (exact) mass is 525 g/mol. The number of anilines is 1. The van der Waals surface area contributed by atoms with Crippen molar-refractivity contribution < 1.29 is 24.2 Å². The van der Waals surface area contributed by atoms with Gasteiger partial charge in [0.15, 0.2) is 0 Å². The van der Waals surface area contributed by atoms with Crippen molar-refractivity contribution in [3.05, 3.63) is 59.2 Å². The highest BCUT2D eigenvalue weighted by Crippen LogP contribution is 2.33. The molecule has 38 heavy (non-hydrogen) atoms. The Morgan fingerprint density at radius 2 is 1.63 bits per heavy atom. The predicted molar refractivity (Wildman–Crippen MR) is 150 cm³/mol. The number of para-hydroxylation sites is 2. The summed E-state index contributed by atoms with van der Waals surface area (Å²) in [5.41, 5.74) is 1.68. The van der Waals surface area contributed by atoms with E-state index in [-0.39, 0.29) is 12.3 Å². The third-order valence-corrected chi connectivity index (χ3v) is 6.17. The summed E-state index contributed by atoms with van der Waals surface area (Å²) in [5.74, 6) is -0.941. The maximum absolute atomic E-state index is 13.9. The number of hydrogen-bond acceptors (Lipinski definition) is 5. The fourth-order valence-corrected chi connectivity index (χ4v) is 4.14. The van der Waals surface area contributed by atoms with Gasteiger partial charge in [0.1, 0.15) is 23.4 Å². The first-order valence-electron chi connectivity index (χ1n) is 13.3. The Bertz CT molecular complexity index is 1110. The maximum Gasteiger partial charge on any atom is 0.408 e. The number of carbonyl (C=O) groups is 3. The molecule has 3 N–H and O–H groups in total. The lowest BCUT2D eigenvalue weighted by atomic mass is 9.98. The minimum Gasteiger partial charge on any atom is -0.507 e. The van der Waals surface area contributed by atoms with Crippen LogP contribution < -0.4 is 10.6 Å². The zero-order valence-electron chi connectivity index (χ0n) is 23.8. The van der Waals surface area contributed by atoms with Crippen molar-refractivity contribution in [3.63, 3.8) is 0 Å². The van der Waals surface area contributed by atoms with Gasteiger partial charge in [-0.15, -0.1) is 0 Å². The summed E-state index contributed by atoms with van der Waals surface area (Å²) in [7, 11) is 0. The minimum atomic E-state index is -1.12. The molecule has 0 saturated carbocycles. The lowest BCUT2D eigenvalue weighted by Crippen LogP contribution is -2.51. The molecule has 0 fully saturated rings. The molecule has 0 aliphatic rings. The number of rotatable bonds is 11. The average molecular weight is 526 g/mol. The van der Waals surface area contributed by atoms with E-state index >= 15 is 0 Å². The predicted octanol–water partition coefficient (Wildman–Crippen LogP) is 6.01. The normalized spacial score (nSPS) is 12.8. The molecule has 0 saturated heterocycles. The van der Waals surface area contributed by atoms with Gasteiger partial charge < -0.3 is 25.4 Å². The molecule has 2 rings (SSSR count). The molecule has 0 aliphatic carbocycles. The molecule has 8 nitrogen and oxygen atoms in total. The number of hydrogen-bond donors (Lipinski definition) is 3. The number of phenols is 1. The molecule has 3 amide bonds. The number of unbranched alkanes of at least 4 members (excludes halogenated alkanes) is 3. The third kappa shape index (κ3) is 8.78.